The molecule has 0 bridgehead atoms. The third kappa shape index (κ3) is 4.82. The van der Waals surface area contributed by atoms with Crippen LogP contribution in [-0.2, 0) is 4.79 Å². The lowest BCUT2D eigenvalue weighted by Crippen LogP contribution is -2.24. The Morgan fingerprint density at radius 3 is 2.78 bits per heavy atom. The first-order valence-corrected chi connectivity index (χ1v) is 2.81. The zero-order valence-electron chi connectivity index (χ0n) is 5.64. The molecule has 50 valence electrons. The molecule has 3 nitrogen and oxygen atoms in total. The van der Waals surface area contributed by atoms with E-state index in [2.05, 4.69) is 5.32 Å². The molecule has 1 atom stereocenters. The zero-order chi connectivity index (χ0) is 7.28. The summed E-state index contributed by atoms with van der Waals surface area (Å²) in [4.78, 5) is 10.2. The predicted molar refractivity (Wildman–Crippen MR) is 33.5 cm³/mol. The van der Waals surface area contributed by atoms with Crippen molar-refractivity contribution in [2.45, 2.75) is 13.8 Å². The van der Waals surface area contributed by atoms with Gasteiger partial charge in [-0.15, -0.1) is 0 Å². The van der Waals surface area contributed by atoms with Gasteiger partial charge >= 0.3 is 0 Å². The van der Waals surface area contributed by atoms with Crippen LogP contribution in [0.4, 0.5) is 0 Å². The molecule has 0 aromatic rings. The second kappa shape index (κ2) is 3.90. The number of carbonyl (C=O) groups is 1. The second-order valence-electron chi connectivity index (χ2n) is 1.97. The highest BCUT2D eigenvalue weighted by atomic mass is 16.1. The average molecular weight is 126 g/mol. The molecule has 9 heavy (non-hydrogen) atoms. The molecule has 0 aliphatic carbocycles. The van der Waals surface area contributed by atoms with Crippen LogP contribution in [0, 0.1) is 17.2 Å². The Kier molecular flexibility index (Phi) is 3.45. The van der Waals surface area contributed by atoms with Gasteiger partial charge in [0, 0.05) is 13.5 Å². The minimum absolute atomic E-state index is 0.0860. The Morgan fingerprint density at radius 1 is 1.89 bits per heavy atom. The summed E-state index contributed by atoms with van der Waals surface area (Å²) in [6, 6.07) is 2.01. The van der Waals surface area contributed by atoms with Gasteiger partial charge in [0.25, 0.3) is 0 Å². The normalized spacial score (nSPS) is 11.7. The van der Waals surface area contributed by atoms with Crippen molar-refractivity contribution in [3.63, 3.8) is 0 Å². The van der Waals surface area contributed by atoms with Crippen molar-refractivity contribution in [2.75, 3.05) is 6.54 Å². The maximum absolute atomic E-state index is 10.2. The van der Waals surface area contributed by atoms with E-state index in [0.717, 1.165) is 0 Å². The molecule has 0 spiro atoms. The van der Waals surface area contributed by atoms with Crippen LogP contribution < -0.4 is 5.32 Å². The molecule has 0 rings (SSSR count). The summed E-state index contributed by atoms with van der Waals surface area (Å²) >= 11 is 0. The van der Waals surface area contributed by atoms with Gasteiger partial charge in [-0.25, -0.2) is 0 Å². The largest absolute Gasteiger partial charge is 0.355 e. The molecule has 3 heteroatoms. The van der Waals surface area contributed by atoms with E-state index in [0.29, 0.717) is 6.54 Å². The van der Waals surface area contributed by atoms with Crippen molar-refractivity contribution in [1.82, 2.24) is 5.32 Å². The summed E-state index contributed by atoms with van der Waals surface area (Å²) in [5.74, 6) is -0.175. The van der Waals surface area contributed by atoms with E-state index >= 15 is 0 Å². The molecule has 0 saturated heterocycles. The number of hydrogen-bond acceptors (Lipinski definition) is 2. The fraction of sp³-hybridized carbons (Fsp3) is 0.667. The zero-order valence-corrected chi connectivity index (χ0v) is 5.64. The van der Waals surface area contributed by atoms with E-state index in [1.807, 2.05) is 6.07 Å². The number of amides is 1. The van der Waals surface area contributed by atoms with Crippen LogP contribution in [0.5, 0.6) is 0 Å². The molecule has 0 fully saturated rings. The topological polar surface area (TPSA) is 52.9 Å². The first kappa shape index (κ1) is 7.96. The van der Waals surface area contributed by atoms with Gasteiger partial charge in [0.2, 0.25) is 5.91 Å². The van der Waals surface area contributed by atoms with E-state index in [1.165, 1.54) is 6.92 Å². The van der Waals surface area contributed by atoms with Gasteiger partial charge in [-0.1, -0.05) is 0 Å². The van der Waals surface area contributed by atoms with Gasteiger partial charge in [0.05, 0.1) is 12.0 Å². The Hall–Kier alpha value is -1.04. The van der Waals surface area contributed by atoms with Crippen molar-refractivity contribution in [3.05, 3.63) is 0 Å². The first-order valence-electron chi connectivity index (χ1n) is 2.81. The van der Waals surface area contributed by atoms with Gasteiger partial charge in [-0.3, -0.25) is 4.79 Å². The van der Waals surface area contributed by atoms with Crippen LogP contribution in [0.15, 0.2) is 0 Å². The lowest BCUT2D eigenvalue weighted by Gasteiger charge is -2.00. The predicted octanol–water partition coefficient (Wildman–Crippen LogP) is 0.282. The van der Waals surface area contributed by atoms with Crippen molar-refractivity contribution >= 4 is 5.91 Å². The van der Waals surface area contributed by atoms with E-state index in [-0.39, 0.29) is 11.8 Å². The third-order valence-electron chi connectivity index (χ3n) is 0.878. The third-order valence-corrected chi connectivity index (χ3v) is 0.878. The molecule has 0 heterocycles. The molecule has 0 aliphatic heterocycles. The van der Waals surface area contributed by atoms with E-state index < -0.39 is 0 Å². The van der Waals surface area contributed by atoms with Crippen molar-refractivity contribution < 1.29 is 4.79 Å². The van der Waals surface area contributed by atoms with Crippen LogP contribution >= 0.6 is 0 Å². The van der Waals surface area contributed by atoms with Crippen LogP contribution in [0.2, 0.25) is 0 Å². The quantitative estimate of drug-likeness (QED) is 0.577. The summed E-state index contributed by atoms with van der Waals surface area (Å²) in [6.07, 6.45) is 0. The molecular formula is C6H10N2O. The summed E-state index contributed by atoms with van der Waals surface area (Å²) in [5, 5.41) is 10.8. The summed E-state index contributed by atoms with van der Waals surface area (Å²) in [5.41, 5.74) is 0. The molecule has 0 aromatic heterocycles. The summed E-state index contributed by atoms with van der Waals surface area (Å²) < 4.78 is 0. The lowest BCUT2D eigenvalue weighted by molar-refractivity contribution is -0.119. The Bertz CT molecular complexity index is 136. The standard InChI is InChI=1S/C6H10N2O/c1-5(3-7)4-8-6(2)9/h5H,4H2,1-2H3,(H,8,9). The number of nitrogens with one attached hydrogen (secondary N) is 1. The van der Waals surface area contributed by atoms with Gasteiger partial charge in [0.15, 0.2) is 0 Å². The van der Waals surface area contributed by atoms with Crippen LogP contribution in [0.1, 0.15) is 13.8 Å². The highest BCUT2D eigenvalue weighted by molar-refractivity contribution is 5.72. The van der Waals surface area contributed by atoms with Crippen molar-refractivity contribution in [3.8, 4) is 6.07 Å². The van der Waals surface area contributed by atoms with E-state index in [4.69, 9.17) is 5.26 Å². The summed E-state index contributed by atoms with van der Waals surface area (Å²) in [7, 11) is 0. The maximum Gasteiger partial charge on any atom is 0.216 e. The molecule has 0 aromatic carbocycles. The molecule has 0 saturated carbocycles. The SMILES string of the molecule is CC(=O)NCC(C)C#N. The maximum atomic E-state index is 10.2. The van der Waals surface area contributed by atoms with Crippen LogP contribution in [0.3, 0.4) is 0 Å². The minimum atomic E-state index is -0.0890. The lowest BCUT2D eigenvalue weighted by atomic mass is 10.2. The molecule has 1 unspecified atom stereocenters. The highest BCUT2D eigenvalue weighted by Crippen LogP contribution is 1.86. The van der Waals surface area contributed by atoms with Gasteiger partial charge in [0.1, 0.15) is 0 Å². The number of hydrogen-bond donors (Lipinski definition) is 1. The van der Waals surface area contributed by atoms with Gasteiger partial charge < -0.3 is 5.32 Å². The summed E-state index contributed by atoms with van der Waals surface area (Å²) in [6.45, 7) is 3.64. The highest BCUT2D eigenvalue weighted by Gasteiger charge is 1.97. The van der Waals surface area contributed by atoms with Gasteiger partial charge in [-0.05, 0) is 6.92 Å². The van der Waals surface area contributed by atoms with Crippen LogP contribution in [-0.4, -0.2) is 12.5 Å². The fourth-order valence-electron chi connectivity index (χ4n) is 0.342. The van der Waals surface area contributed by atoms with Gasteiger partial charge in [-0.2, -0.15) is 5.26 Å². The molecule has 1 amide bonds. The number of nitrogens with zero attached hydrogens (tertiary/aromatic N) is 1. The number of carbonyl (C=O) groups excluding carboxylic acids is 1. The Labute approximate surface area is 54.7 Å². The molecule has 1 N–H and O–H groups in total. The monoisotopic (exact) mass is 126 g/mol. The fourth-order valence-corrected chi connectivity index (χ4v) is 0.342. The van der Waals surface area contributed by atoms with E-state index in [9.17, 15) is 4.79 Å². The first-order chi connectivity index (χ1) is 4.16. The number of rotatable bonds is 2. The molecule has 0 radical (unpaired) electrons. The number of nitriles is 1. The van der Waals surface area contributed by atoms with E-state index in [1.54, 1.807) is 6.92 Å². The second-order valence-corrected chi connectivity index (χ2v) is 1.97. The van der Waals surface area contributed by atoms with Crippen LogP contribution in [0.25, 0.3) is 0 Å². The molecule has 0 aliphatic rings. The Balaban J connectivity index is 3.30. The van der Waals surface area contributed by atoms with Crippen molar-refractivity contribution in [1.29, 1.82) is 5.26 Å². The Morgan fingerprint density at radius 2 is 2.44 bits per heavy atom. The smallest absolute Gasteiger partial charge is 0.216 e. The minimum Gasteiger partial charge on any atom is -0.355 e. The van der Waals surface area contributed by atoms with Crippen molar-refractivity contribution in [2.24, 2.45) is 5.92 Å². The molecular weight excluding hydrogens is 116 g/mol. The average Bonchev–Trinajstić information content (AvgIpc) is 1.83.